The third kappa shape index (κ3) is 6.38. The number of methoxy groups -OCH3 is 1. The minimum atomic E-state index is -0.0252. The van der Waals surface area contributed by atoms with Gasteiger partial charge in [-0.3, -0.25) is 4.79 Å². The van der Waals surface area contributed by atoms with Crippen LogP contribution in [0.25, 0.3) is 0 Å². The summed E-state index contributed by atoms with van der Waals surface area (Å²) in [6.07, 6.45) is 1.11. The predicted molar refractivity (Wildman–Crippen MR) is 83.6 cm³/mol. The molecule has 0 aromatic heterocycles. The number of carbonyl (C=O) groups is 1. The lowest BCUT2D eigenvalue weighted by Gasteiger charge is -2.12. The van der Waals surface area contributed by atoms with E-state index in [4.69, 9.17) is 10.5 Å². The van der Waals surface area contributed by atoms with Gasteiger partial charge in [0, 0.05) is 35.3 Å². The Morgan fingerprint density at radius 1 is 1.53 bits per heavy atom. The Morgan fingerprint density at radius 2 is 2.21 bits per heavy atom. The van der Waals surface area contributed by atoms with Crippen molar-refractivity contribution < 1.29 is 9.53 Å². The normalized spacial score (nSPS) is 11.6. The van der Waals surface area contributed by atoms with Gasteiger partial charge < -0.3 is 15.8 Å². The molecule has 0 heterocycles. The summed E-state index contributed by atoms with van der Waals surface area (Å²) >= 11 is 3.45. The van der Waals surface area contributed by atoms with Crippen molar-refractivity contribution in [3.05, 3.63) is 28.2 Å². The molecule has 108 valence electrons. The Balaban J connectivity index is 0.00000324. The third-order valence-electron chi connectivity index (χ3n) is 2.51. The summed E-state index contributed by atoms with van der Waals surface area (Å²) in [5.74, 6) is -0.0252. The molecule has 0 saturated heterocycles. The van der Waals surface area contributed by atoms with Crippen molar-refractivity contribution in [3.63, 3.8) is 0 Å². The number of benzene rings is 1. The molecule has 1 unspecified atom stereocenters. The third-order valence-corrected chi connectivity index (χ3v) is 3.25. The van der Waals surface area contributed by atoms with Crippen LogP contribution >= 0.6 is 28.3 Å². The highest BCUT2D eigenvalue weighted by Crippen LogP contribution is 2.25. The Morgan fingerprint density at radius 3 is 2.79 bits per heavy atom. The number of carbonyl (C=O) groups excluding carboxylic acids is 1. The Labute approximate surface area is 128 Å². The first kappa shape index (κ1) is 18.4. The molecule has 19 heavy (non-hydrogen) atoms. The van der Waals surface area contributed by atoms with Crippen LogP contribution < -0.4 is 11.1 Å². The minimum Gasteiger partial charge on any atom is -0.380 e. The van der Waals surface area contributed by atoms with E-state index >= 15 is 0 Å². The average molecular weight is 352 g/mol. The molecule has 6 heteroatoms. The highest BCUT2D eigenvalue weighted by molar-refractivity contribution is 9.10. The number of hydrogen-bond donors (Lipinski definition) is 2. The highest BCUT2D eigenvalue weighted by Gasteiger charge is 2.10. The SMILES string of the molecule is COCc1c(Br)cccc1NC(=O)CCC(C)N.Cl. The zero-order valence-corrected chi connectivity index (χ0v) is 13.5. The second-order valence-electron chi connectivity index (χ2n) is 4.26. The predicted octanol–water partition coefficient (Wildman–Crippen LogP) is 3.08. The van der Waals surface area contributed by atoms with E-state index in [2.05, 4.69) is 21.2 Å². The average Bonchev–Trinajstić information content (AvgIpc) is 2.31. The molecule has 0 aliphatic carbocycles. The molecule has 1 rings (SSSR count). The molecule has 3 N–H and O–H groups in total. The fourth-order valence-corrected chi connectivity index (χ4v) is 2.02. The summed E-state index contributed by atoms with van der Waals surface area (Å²) in [5.41, 5.74) is 7.35. The summed E-state index contributed by atoms with van der Waals surface area (Å²) in [7, 11) is 1.63. The van der Waals surface area contributed by atoms with E-state index in [0.29, 0.717) is 19.4 Å². The van der Waals surface area contributed by atoms with E-state index in [1.807, 2.05) is 25.1 Å². The quantitative estimate of drug-likeness (QED) is 0.828. The lowest BCUT2D eigenvalue weighted by molar-refractivity contribution is -0.116. The van der Waals surface area contributed by atoms with E-state index in [1.165, 1.54) is 0 Å². The molecule has 0 fully saturated rings. The number of nitrogens with one attached hydrogen (secondary N) is 1. The van der Waals surface area contributed by atoms with Crippen molar-refractivity contribution in [2.45, 2.75) is 32.4 Å². The van der Waals surface area contributed by atoms with Crippen LogP contribution in [0, 0.1) is 0 Å². The molecule has 1 aromatic rings. The number of rotatable bonds is 6. The van der Waals surface area contributed by atoms with Crippen molar-refractivity contribution in [2.75, 3.05) is 12.4 Å². The molecule has 0 radical (unpaired) electrons. The van der Waals surface area contributed by atoms with Crippen LogP contribution in [0.5, 0.6) is 0 Å². The first-order valence-corrected chi connectivity index (χ1v) is 6.65. The second-order valence-corrected chi connectivity index (χ2v) is 5.12. The number of anilines is 1. The van der Waals surface area contributed by atoms with Crippen molar-refractivity contribution in [2.24, 2.45) is 5.73 Å². The van der Waals surface area contributed by atoms with Crippen molar-refractivity contribution in [1.29, 1.82) is 0 Å². The van der Waals surface area contributed by atoms with Crippen LogP contribution in [0.1, 0.15) is 25.3 Å². The van der Waals surface area contributed by atoms with Gasteiger partial charge in [-0.2, -0.15) is 0 Å². The Hall–Kier alpha value is -0.620. The van der Waals surface area contributed by atoms with Gasteiger partial charge in [0.05, 0.1) is 6.61 Å². The minimum absolute atomic E-state index is 0. The van der Waals surface area contributed by atoms with E-state index in [0.717, 1.165) is 15.7 Å². The van der Waals surface area contributed by atoms with Crippen LogP contribution in [0.15, 0.2) is 22.7 Å². The summed E-state index contributed by atoms with van der Waals surface area (Å²) in [6, 6.07) is 5.70. The molecule has 0 aliphatic rings. The molecule has 1 atom stereocenters. The first-order chi connectivity index (χ1) is 8.54. The smallest absolute Gasteiger partial charge is 0.224 e. The molecule has 0 spiro atoms. The van der Waals surface area contributed by atoms with Gasteiger partial charge >= 0.3 is 0 Å². The van der Waals surface area contributed by atoms with Gasteiger partial charge in [-0.1, -0.05) is 22.0 Å². The number of ether oxygens (including phenoxy) is 1. The molecule has 0 saturated carbocycles. The molecule has 0 aliphatic heterocycles. The largest absolute Gasteiger partial charge is 0.380 e. The van der Waals surface area contributed by atoms with Gasteiger partial charge in [-0.05, 0) is 25.5 Å². The summed E-state index contributed by atoms with van der Waals surface area (Å²) in [6.45, 7) is 2.34. The summed E-state index contributed by atoms with van der Waals surface area (Å²) < 4.78 is 6.05. The summed E-state index contributed by atoms with van der Waals surface area (Å²) in [4.78, 5) is 11.8. The van der Waals surface area contributed by atoms with E-state index in [9.17, 15) is 4.79 Å². The van der Waals surface area contributed by atoms with Crippen LogP contribution in [0.4, 0.5) is 5.69 Å². The van der Waals surface area contributed by atoms with Gasteiger partial charge in [-0.25, -0.2) is 0 Å². The van der Waals surface area contributed by atoms with Crippen molar-refractivity contribution in [1.82, 2.24) is 0 Å². The maximum atomic E-state index is 11.8. The maximum Gasteiger partial charge on any atom is 0.224 e. The van der Waals surface area contributed by atoms with Crippen LogP contribution in [0.2, 0.25) is 0 Å². The van der Waals surface area contributed by atoms with Crippen LogP contribution in [0.3, 0.4) is 0 Å². The Bertz CT molecular complexity index is 414. The van der Waals surface area contributed by atoms with Gasteiger partial charge in [-0.15, -0.1) is 12.4 Å². The highest BCUT2D eigenvalue weighted by atomic mass is 79.9. The van der Waals surface area contributed by atoms with E-state index in [1.54, 1.807) is 7.11 Å². The lowest BCUT2D eigenvalue weighted by Crippen LogP contribution is -2.20. The van der Waals surface area contributed by atoms with Gasteiger partial charge in [0.2, 0.25) is 5.91 Å². The fourth-order valence-electron chi connectivity index (χ4n) is 1.54. The first-order valence-electron chi connectivity index (χ1n) is 5.86. The van der Waals surface area contributed by atoms with Crippen LogP contribution in [-0.4, -0.2) is 19.1 Å². The van der Waals surface area contributed by atoms with Crippen molar-refractivity contribution >= 4 is 39.9 Å². The Kier molecular flexibility index (Phi) is 9.01. The number of nitrogens with two attached hydrogens (primary N) is 1. The van der Waals surface area contributed by atoms with E-state index in [-0.39, 0.29) is 24.4 Å². The van der Waals surface area contributed by atoms with Crippen LogP contribution in [-0.2, 0) is 16.1 Å². The summed E-state index contributed by atoms with van der Waals surface area (Å²) in [5, 5.41) is 2.89. The standard InChI is InChI=1S/C13H19BrN2O2.ClH/c1-9(15)6-7-13(17)16-12-5-3-4-11(14)10(12)8-18-2;/h3-5,9H,6-8,15H2,1-2H3,(H,16,17);1H. The zero-order valence-electron chi connectivity index (χ0n) is 11.1. The molecule has 0 bridgehead atoms. The number of amides is 1. The topological polar surface area (TPSA) is 64.3 Å². The lowest BCUT2D eigenvalue weighted by atomic mass is 10.1. The van der Waals surface area contributed by atoms with Crippen molar-refractivity contribution in [3.8, 4) is 0 Å². The second kappa shape index (κ2) is 9.31. The van der Waals surface area contributed by atoms with E-state index < -0.39 is 0 Å². The monoisotopic (exact) mass is 350 g/mol. The van der Waals surface area contributed by atoms with Gasteiger partial charge in [0.1, 0.15) is 0 Å². The molecular formula is C13H20BrClN2O2. The molecular weight excluding hydrogens is 332 g/mol. The van der Waals surface area contributed by atoms with Gasteiger partial charge in [0.15, 0.2) is 0 Å². The number of halogens is 2. The van der Waals surface area contributed by atoms with Gasteiger partial charge in [0.25, 0.3) is 0 Å². The molecule has 1 aromatic carbocycles. The maximum absolute atomic E-state index is 11.8. The zero-order chi connectivity index (χ0) is 13.5. The number of hydrogen-bond acceptors (Lipinski definition) is 3. The fraction of sp³-hybridized carbons (Fsp3) is 0.462. The molecule has 4 nitrogen and oxygen atoms in total. The molecule has 1 amide bonds.